The molecule has 3 aromatic rings. The quantitative estimate of drug-likeness (QED) is 0.534. The molecular formula is C22H24ClFN4O3. The molecule has 0 radical (unpaired) electrons. The molecule has 0 spiro atoms. The number of nitrogens with zero attached hydrogens (tertiary/aromatic N) is 3. The summed E-state index contributed by atoms with van der Waals surface area (Å²) in [5.74, 6) is -2.57. The predicted octanol–water partition coefficient (Wildman–Crippen LogP) is 4.28. The zero-order chi connectivity index (χ0) is 36.8. The van der Waals surface area contributed by atoms with Gasteiger partial charge in [-0.05, 0) is 30.6 Å². The fourth-order valence-electron chi connectivity index (χ4n) is 2.36. The molecule has 1 N–H and O–H groups in total. The van der Waals surface area contributed by atoms with E-state index in [1.807, 2.05) is 0 Å². The second-order valence-electron chi connectivity index (χ2n) is 5.55. The molecule has 4 rings (SSSR count). The van der Waals surface area contributed by atoms with Crippen LogP contribution in [0.3, 0.4) is 0 Å². The molecule has 0 unspecified atom stereocenters. The fraction of sp³-hybridized carbons (Fsp3) is 0.364. The molecule has 0 amide bonds. The molecule has 31 heavy (non-hydrogen) atoms. The summed E-state index contributed by atoms with van der Waals surface area (Å²) in [6, 6.07) is -0.332. The summed E-state index contributed by atoms with van der Waals surface area (Å²) in [4.78, 5) is 7.26. The average Bonchev–Trinajstić information content (AvgIpc) is 2.95. The van der Waals surface area contributed by atoms with E-state index in [0.717, 1.165) is 25.6 Å². The lowest BCUT2D eigenvalue weighted by Crippen LogP contribution is -2.37. The summed E-state index contributed by atoms with van der Waals surface area (Å²) in [5.41, 5.74) is -0.425. The number of halogens is 2. The highest BCUT2D eigenvalue weighted by atomic mass is 35.5. The predicted molar refractivity (Wildman–Crippen MR) is 118 cm³/mol. The topological polar surface area (TPSA) is 68.7 Å². The largest absolute Gasteiger partial charge is 0.493 e. The number of hydrogen-bond donors (Lipinski definition) is 1. The Morgan fingerprint density at radius 3 is 2.97 bits per heavy atom. The van der Waals surface area contributed by atoms with Crippen LogP contribution in [-0.2, 0) is 4.74 Å². The highest BCUT2D eigenvalue weighted by molar-refractivity contribution is 6.31. The Hall–Kier alpha value is -2.68. The molecule has 2 heterocycles. The van der Waals surface area contributed by atoms with Crippen molar-refractivity contribution in [1.29, 1.82) is 0 Å². The van der Waals surface area contributed by atoms with E-state index in [2.05, 4.69) is 20.0 Å². The van der Waals surface area contributed by atoms with E-state index < -0.39 is 90.8 Å². The van der Waals surface area contributed by atoms with Crippen molar-refractivity contribution in [2.24, 2.45) is 0 Å². The molecule has 0 aliphatic carbocycles. The Morgan fingerprint density at radius 1 is 1.32 bits per heavy atom. The molecule has 1 aliphatic rings. The van der Waals surface area contributed by atoms with Gasteiger partial charge in [-0.25, -0.2) is 14.4 Å². The van der Waals surface area contributed by atoms with Gasteiger partial charge in [0.25, 0.3) is 0 Å². The third-order valence-corrected chi connectivity index (χ3v) is 3.95. The molecule has 7 nitrogen and oxygen atoms in total. The first kappa shape index (κ1) is 9.05. The van der Waals surface area contributed by atoms with Gasteiger partial charge >= 0.3 is 0 Å². The zero-order valence-electron chi connectivity index (χ0n) is 32.6. The summed E-state index contributed by atoms with van der Waals surface area (Å²) in [5, 5.41) is 1.68. The fourth-order valence-corrected chi connectivity index (χ4v) is 2.50. The Balaban J connectivity index is 1.84. The van der Waals surface area contributed by atoms with Gasteiger partial charge in [0.15, 0.2) is 11.5 Å². The molecule has 2 aromatic carbocycles. The number of benzene rings is 2. The Bertz CT molecular complexity index is 1730. The average molecular weight is 464 g/mol. The SMILES string of the molecule is [2H]c1c([2H])c(Nc2ncnc3cc(OC)c(OC([2H])([2H])C([2H])([2H])C([2H])([2H])N4C([2H])([2H])C([2H])([2H])OC([2H])([2H])C4([2H])[2H])cc23)c([2H])c(Cl)c1F. The number of nitrogens with one attached hydrogen (secondary N) is 1. The summed E-state index contributed by atoms with van der Waals surface area (Å²) >= 11 is 5.80. The van der Waals surface area contributed by atoms with Crippen molar-refractivity contribution >= 4 is 34.0 Å². The summed E-state index contributed by atoms with van der Waals surface area (Å²) in [6.07, 6.45) is -3.15. The summed E-state index contributed by atoms with van der Waals surface area (Å²) < 4.78 is 167. The van der Waals surface area contributed by atoms with Gasteiger partial charge in [0.05, 0.1) is 49.7 Å². The third-order valence-electron chi connectivity index (χ3n) is 3.69. The van der Waals surface area contributed by atoms with E-state index in [1.165, 1.54) is 0 Å². The molecule has 164 valence electrons. The minimum Gasteiger partial charge on any atom is -0.493 e. The van der Waals surface area contributed by atoms with E-state index in [0.29, 0.717) is 0 Å². The van der Waals surface area contributed by atoms with Crippen LogP contribution in [0.25, 0.3) is 10.9 Å². The van der Waals surface area contributed by atoms with E-state index in [-0.39, 0.29) is 22.5 Å². The molecule has 1 saturated heterocycles. The van der Waals surface area contributed by atoms with Gasteiger partial charge in [0.2, 0.25) is 0 Å². The lowest BCUT2D eigenvalue weighted by atomic mass is 10.2. The molecule has 0 saturated carbocycles. The van der Waals surface area contributed by atoms with Crippen molar-refractivity contribution in [2.75, 3.05) is 51.6 Å². The van der Waals surface area contributed by atoms with Gasteiger partial charge in [-0.15, -0.1) is 0 Å². The summed E-state index contributed by atoms with van der Waals surface area (Å²) in [6.45, 7) is -23.6. The van der Waals surface area contributed by atoms with Crippen molar-refractivity contribution < 1.29 is 41.9 Å². The minimum absolute atomic E-state index is 0.0344. The van der Waals surface area contributed by atoms with Gasteiger partial charge < -0.3 is 19.5 Å². The number of methoxy groups -OCH3 is 1. The van der Waals surface area contributed by atoms with Crippen molar-refractivity contribution in [2.45, 2.75) is 6.37 Å². The van der Waals surface area contributed by atoms with Crippen LogP contribution < -0.4 is 14.8 Å². The Labute approximate surface area is 209 Å². The first-order valence-electron chi connectivity index (χ1n) is 16.8. The van der Waals surface area contributed by atoms with E-state index in [1.54, 1.807) is 0 Å². The number of rotatable bonds is 8. The first-order valence-corrected chi connectivity index (χ1v) is 8.72. The maximum atomic E-state index is 14.2. The van der Waals surface area contributed by atoms with E-state index in [9.17, 15) is 4.39 Å². The van der Waals surface area contributed by atoms with Crippen molar-refractivity contribution in [3.05, 3.63) is 47.4 Å². The number of aromatic nitrogens is 2. The van der Waals surface area contributed by atoms with Crippen LogP contribution in [0.1, 0.15) is 29.7 Å². The number of hydrogen-bond acceptors (Lipinski definition) is 7. The Kier molecular flexibility index (Phi) is 2.95. The van der Waals surface area contributed by atoms with Gasteiger partial charge in [-0.1, -0.05) is 11.6 Å². The highest BCUT2D eigenvalue weighted by Crippen LogP contribution is 2.35. The van der Waals surface area contributed by atoms with Crippen molar-refractivity contribution in [3.8, 4) is 11.5 Å². The standard InChI is InChI=1S/C22H24ClFN4O3/c1-29-20-13-19-16(12-21(20)31-8-2-5-28-6-9-30-10-7-28)22(26-14-25-19)27-15-3-4-18(24)17(23)11-15/h3-4,11-14H,2,5-10H2,1H3,(H,25,26,27)/i2D2,3D,4D,5D2,6D2,7D2,8D2,9D2,10D2,11D. The van der Waals surface area contributed by atoms with Gasteiger partial charge in [0.1, 0.15) is 18.0 Å². The van der Waals surface area contributed by atoms with Crippen LogP contribution in [0.4, 0.5) is 15.9 Å². The third kappa shape index (κ3) is 5.33. The number of ether oxygens (including phenoxy) is 3. The van der Waals surface area contributed by atoms with Crippen LogP contribution in [0.2, 0.25) is 5.02 Å². The number of fused-ring (bicyclic) bond motifs is 1. The molecule has 9 heteroatoms. The van der Waals surface area contributed by atoms with E-state index in [4.69, 9.17) is 44.4 Å². The van der Waals surface area contributed by atoms with Crippen LogP contribution in [0, 0.1) is 5.82 Å². The van der Waals surface area contributed by atoms with Crippen LogP contribution in [-0.4, -0.2) is 61.1 Å². The maximum absolute atomic E-state index is 14.2. The second-order valence-corrected chi connectivity index (χ2v) is 5.93. The molecule has 1 aromatic heterocycles. The van der Waals surface area contributed by atoms with Crippen molar-refractivity contribution in [1.82, 2.24) is 14.9 Å². The first-order chi connectivity index (χ1) is 21.6. The van der Waals surface area contributed by atoms with Crippen molar-refractivity contribution in [3.63, 3.8) is 0 Å². The lowest BCUT2D eigenvalue weighted by Gasteiger charge is -2.26. The minimum atomic E-state index is -4.24. The molecular weight excluding hydrogens is 423 g/mol. The van der Waals surface area contributed by atoms with Gasteiger partial charge in [0, 0.05) is 47.6 Å². The normalized spacial score (nSPS) is 30.5. The second kappa shape index (κ2) is 10.1. The molecule has 1 aliphatic heterocycles. The van der Waals surface area contributed by atoms with Gasteiger partial charge in [-0.3, -0.25) is 4.90 Å². The maximum Gasteiger partial charge on any atom is 0.162 e. The van der Waals surface area contributed by atoms with E-state index >= 15 is 0 Å². The smallest absolute Gasteiger partial charge is 0.162 e. The number of anilines is 2. The lowest BCUT2D eigenvalue weighted by molar-refractivity contribution is 0.0357. The zero-order valence-corrected chi connectivity index (χ0v) is 16.3. The Morgan fingerprint density at radius 2 is 2.16 bits per heavy atom. The van der Waals surface area contributed by atoms with Crippen LogP contribution in [0.5, 0.6) is 11.5 Å². The molecule has 1 fully saturated rings. The van der Waals surface area contributed by atoms with Crippen LogP contribution >= 0.6 is 11.6 Å². The van der Waals surface area contributed by atoms with Crippen LogP contribution in [0.15, 0.2) is 36.6 Å². The molecule has 0 bridgehead atoms. The highest BCUT2D eigenvalue weighted by Gasteiger charge is 2.14. The molecule has 0 atom stereocenters. The van der Waals surface area contributed by atoms with Gasteiger partial charge in [-0.2, -0.15) is 0 Å². The summed E-state index contributed by atoms with van der Waals surface area (Å²) in [7, 11) is 1.09. The number of morpholine rings is 1. The monoisotopic (exact) mass is 463 g/mol.